The quantitative estimate of drug-likeness (QED) is 0.613. The van der Waals surface area contributed by atoms with Crippen LogP contribution in [-0.2, 0) is 9.53 Å². The fraction of sp³-hybridized carbons (Fsp3) is 0.222. The third-order valence-electron chi connectivity index (χ3n) is 3.93. The normalized spacial score (nSPS) is 19.6. The molecule has 24 heavy (non-hydrogen) atoms. The minimum absolute atomic E-state index is 0.0922. The lowest BCUT2D eigenvalue weighted by atomic mass is 9.90. The topological polar surface area (TPSA) is 38.8 Å². The van der Waals surface area contributed by atoms with Crippen LogP contribution in [0.1, 0.15) is 11.6 Å². The fourth-order valence-electron chi connectivity index (χ4n) is 2.73. The molecule has 0 spiro atoms. The molecule has 1 aliphatic rings. The van der Waals surface area contributed by atoms with Crippen molar-refractivity contribution in [2.45, 2.75) is 12.1 Å². The van der Waals surface area contributed by atoms with Crippen molar-refractivity contribution in [3.63, 3.8) is 0 Å². The summed E-state index contributed by atoms with van der Waals surface area (Å²) in [4.78, 5) is 14.4. The number of thioether (sulfide) groups is 1. The van der Waals surface area contributed by atoms with Gasteiger partial charge in [-0.1, -0.05) is 42.1 Å². The molecule has 1 heterocycles. The molecule has 0 radical (unpaired) electrons. The van der Waals surface area contributed by atoms with Gasteiger partial charge in [0.2, 0.25) is 10.5 Å². The number of methoxy groups -OCH3 is 1. The van der Waals surface area contributed by atoms with Crippen LogP contribution < -0.4 is 9.64 Å². The van der Waals surface area contributed by atoms with Crippen LogP contribution in [0.25, 0.3) is 0 Å². The highest BCUT2D eigenvalue weighted by Gasteiger charge is 2.51. The molecule has 1 saturated heterocycles. The van der Waals surface area contributed by atoms with Crippen LogP contribution in [0.5, 0.6) is 5.75 Å². The molecule has 2 unspecified atom stereocenters. The molecule has 0 saturated carbocycles. The number of amides is 1. The summed E-state index contributed by atoms with van der Waals surface area (Å²) >= 11 is 6.45. The van der Waals surface area contributed by atoms with Crippen LogP contribution >= 0.6 is 24.0 Å². The summed E-state index contributed by atoms with van der Waals surface area (Å²) in [6, 6.07) is 17.1. The summed E-state index contributed by atoms with van der Waals surface area (Å²) in [5, 5.41) is 0. The molecule has 0 N–H and O–H groups in total. The largest absolute Gasteiger partial charge is 0.497 e. The third-order valence-corrected chi connectivity index (χ3v) is 4.95. The number of anilines is 1. The lowest BCUT2D eigenvalue weighted by Crippen LogP contribution is -2.60. The second kappa shape index (κ2) is 7.23. The lowest BCUT2D eigenvalue weighted by Gasteiger charge is -2.46. The number of β-lactam (4-membered cyclic amide) rings is 1. The minimum Gasteiger partial charge on any atom is -0.497 e. The first-order chi connectivity index (χ1) is 11.7. The average molecular weight is 359 g/mol. The molecule has 4 nitrogen and oxygen atoms in total. The number of nitrogens with zero attached hydrogens (tertiary/aromatic N) is 1. The molecule has 0 bridgehead atoms. The van der Waals surface area contributed by atoms with E-state index in [-0.39, 0.29) is 11.9 Å². The van der Waals surface area contributed by atoms with Gasteiger partial charge in [0.05, 0.1) is 7.11 Å². The molecule has 2 aromatic carbocycles. The number of rotatable bonds is 4. The van der Waals surface area contributed by atoms with E-state index in [1.165, 1.54) is 11.8 Å². The summed E-state index contributed by atoms with van der Waals surface area (Å²) in [7, 11) is 1.61. The Hall–Kier alpha value is -2.05. The maximum absolute atomic E-state index is 12.7. The molecule has 2 aromatic rings. The molecule has 3 rings (SSSR count). The number of benzene rings is 2. The highest BCUT2D eigenvalue weighted by molar-refractivity contribution is 8.22. The van der Waals surface area contributed by atoms with Gasteiger partial charge in [-0.2, -0.15) is 0 Å². The maximum Gasteiger partial charge on any atom is 0.271 e. The second-order valence-electron chi connectivity index (χ2n) is 5.25. The minimum atomic E-state index is -0.588. The number of thiocarbonyl (C=S) groups is 1. The molecule has 124 valence electrons. The predicted molar refractivity (Wildman–Crippen MR) is 101 cm³/mol. The van der Waals surface area contributed by atoms with E-state index >= 15 is 0 Å². The van der Waals surface area contributed by atoms with Gasteiger partial charge in [-0.05, 0) is 48.3 Å². The molecule has 0 aliphatic carbocycles. The molecular weight excluding hydrogens is 342 g/mol. The Kier molecular flexibility index (Phi) is 5.06. The molecule has 2 atom stereocenters. The smallest absolute Gasteiger partial charge is 0.271 e. The summed E-state index contributed by atoms with van der Waals surface area (Å²) in [6.07, 6.45) is 1.25. The zero-order valence-electron chi connectivity index (χ0n) is 13.3. The van der Waals surface area contributed by atoms with Crippen LogP contribution in [0.2, 0.25) is 0 Å². The van der Waals surface area contributed by atoms with Crippen molar-refractivity contribution in [2.24, 2.45) is 0 Å². The van der Waals surface area contributed by atoms with Crippen molar-refractivity contribution >= 4 is 40.0 Å². The summed E-state index contributed by atoms with van der Waals surface area (Å²) in [6.45, 7) is 0. The van der Waals surface area contributed by atoms with Crippen LogP contribution in [0, 0.1) is 0 Å². The van der Waals surface area contributed by atoms with Gasteiger partial charge < -0.3 is 9.47 Å². The van der Waals surface area contributed by atoms with Gasteiger partial charge in [0.25, 0.3) is 5.91 Å². The lowest BCUT2D eigenvalue weighted by molar-refractivity contribution is -0.135. The number of hydrogen-bond donors (Lipinski definition) is 0. The van der Waals surface area contributed by atoms with Crippen LogP contribution in [0.4, 0.5) is 5.69 Å². The zero-order chi connectivity index (χ0) is 17.1. The highest BCUT2D eigenvalue weighted by atomic mass is 32.2. The molecule has 6 heteroatoms. The van der Waals surface area contributed by atoms with Gasteiger partial charge in [-0.3, -0.25) is 9.69 Å². The molecule has 1 amide bonds. The van der Waals surface area contributed by atoms with E-state index in [2.05, 4.69) is 0 Å². The van der Waals surface area contributed by atoms with Crippen molar-refractivity contribution < 1.29 is 14.3 Å². The Morgan fingerprint density at radius 3 is 2.38 bits per heavy atom. The van der Waals surface area contributed by atoms with E-state index in [4.69, 9.17) is 21.7 Å². The van der Waals surface area contributed by atoms with Crippen molar-refractivity contribution in [1.82, 2.24) is 0 Å². The standard InChI is InChI=1S/C18H17NO3S2/c1-21-14-10-8-13(9-11-14)19-15(12-6-4-3-5-7-12)16(17(19)20)22-18(23)24-2/h3-11,15-16H,1-2H3. The third kappa shape index (κ3) is 3.12. The van der Waals surface area contributed by atoms with Gasteiger partial charge in [0, 0.05) is 5.69 Å². The Balaban J connectivity index is 1.92. The Bertz CT molecular complexity index is 734. The van der Waals surface area contributed by atoms with E-state index in [1.54, 1.807) is 12.0 Å². The Morgan fingerprint density at radius 1 is 1.12 bits per heavy atom. The molecule has 1 fully saturated rings. The van der Waals surface area contributed by atoms with Gasteiger partial charge in [-0.15, -0.1) is 0 Å². The van der Waals surface area contributed by atoms with Crippen LogP contribution in [0.3, 0.4) is 0 Å². The Morgan fingerprint density at radius 2 is 1.79 bits per heavy atom. The first-order valence-corrected chi connectivity index (χ1v) is 9.05. The highest BCUT2D eigenvalue weighted by Crippen LogP contribution is 2.41. The maximum atomic E-state index is 12.7. The fourth-order valence-corrected chi connectivity index (χ4v) is 3.04. The predicted octanol–water partition coefficient (Wildman–Crippen LogP) is 3.82. The first kappa shape index (κ1) is 16.8. The summed E-state index contributed by atoms with van der Waals surface area (Å²) in [5.74, 6) is 0.657. The van der Waals surface area contributed by atoms with Crippen LogP contribution in [0.15, 0.2) is 54.6 Å². The zero-order valence-corrected chi connectivity index (χ0v) is 15.0. The van der Waals surface area contributed by atoms with Gasteiger partial charge in [0.15, 0.2) is 0 Å². The SMILES string of the molecule is COc1ccc(N2C(=O)C(OC(=S)SC)C2c2ccccc2)cc1. The van der Waals surface area contributed by atoms with E-state index in [9.17, 15) is 4.79 Å². The number of ether oxygens (including phenoxy) is 2. The van der Waals surface area contributed by atoms with Gasteiger partial charge >= 0.3 is 0 Å². The number of carbonyl (C=O) groups is 1. The van der Waals surface area contributed by atoms with E-state index < -0.39 is 6.10 Å². The second-order valence-corrected chi connectivity index (χ2v) is 6.66. The van der Waals surface area contributed by atoms with E-state index in [0.717, 1.165) is 17.0 Å². The Labute approximate surface area is 150 Å². The van der Waals surface area contributed by atoms with Crippen molar-refractivity contribution in [3.05, 3.63) is 60.2 Å². The van der Waals surface area contributed by atoms with Crippen molar-refractivity contribution in [2.75, 3.05) is 18.3 Å². The first-order valence-electron chi connectivity index (χ1n) is 7.42. The summed E-state index contributed by atoms with van der Waals surface area (Å²) < 4.78 is 11.2. The molecule has 0 aromatic heterocycles. The van der Waals surface area contributed by atoms with Gasteiger partial charge in [0.1, 0.15) is 11.8 Å². The number of hydrogen-bond acceptors (Lipinski definition) is 5. The van der Waals surface area contributed by atoms with Gasteiger partial charge in [-0.25, -0.2) is 0 Å². The summed E-state index contributed by atoms with van der Waals surface area (Å²) in [5.41, 5.74) is 1.83. The van der Waals surface area contributed by atoms with E-state index in [0.29, 0.717) is 4.38 Å². The monoisotopic (exact) mass is 359 g/mol. The van der Waals surface area contributed by atoms with Crippen molar-refractivity contribution in [3.8, 4) is 5.75 Å². The van der Waals surface area contributed by atoms with E-state index in [1.807, 2.05) is 60.9 Å². The van der Waals surface area contributed by atoms with Crippen molar-refractivity contribution in [1.29, 1.82) is 0 Å². The number of carbonyl (C=O) groups excluding carboxylic acids is 1. The molecular formula is C18H17NO3S2. The molecule has 1 aliphatic heterocycles. The van der Waals surface area contributed by atoms with Crippen LogP contribution in [-0.4, -0.2) is 29.8 Å². The average Bonchev–Trinajstić information content (AvgIpc) is 2.64.